The van der Waals surface area contributed by atoms with E-state index in [1.807, 2.05) is 13.8 Å². The summed E-state index contributed by atoms with van der Waals surface area (Å²) in [6, 6.07) is 3.25. The predicted molar refractivity (Wildman–Crippen MR) is 72.3 cm³/mol. The second-order valence-electron chi connectivity index (χ2n) is 4.14. The van der Waals surface area contributed by atoms with Crippen molar-refractivity contribution in [3.63, 3.8) is 0 Å². The van der Waals surface area contributed by atoms with E-state index >= 15 is 0 Å². The van der Waals surface area contributed by atoms with Crippen LogP contribution in [-0.4, -0.2) is 45.3 Å². The molecule has 106 valence electrons. The zero-order valence-electron chi connectivity index (χ0n) is 11.3. The molecule has 0 saturated heterocycles. The SMILES string of the molecule is CCC(CC)N(CCO)C(=O)c1ccc(NN)nn1. The van der Waals surface area contributed by atoms with Gasteiger partial charge in [-0.05, 0) is 25.0 Å². The third-order valence-electron chi connectivity index (χ3n) is 3.02. The van der Waals surface area contributed by atoms with Crippen LogP contribution in [0.1, 0.15) is 37.2 Å². The monoisotopic (exact) mass is 267 g/mol. The Hall–Kier alpha value is -1.73. The molecule has 1 amide bonds. The molecule has 0 aliphatic heterocycles. The number of rotatable bonds is 7. The number of anilines is 1. The highest BCUT2D eigenvalue weighted by atomic mass is 16.3. The molecular weight excluding hydrogens is 246 g/mol. The molecule has 1 rings (SSSR count). The van der Waals surface area contributed by atoms with Crippen LogP contribution in [0.3, 0.4) is 0 Å². The number of hydrogen-bond acceptors (Lipinski definition) is 6. The molecule has 1 aromatic rings. The largest absolute Gasteiger partial charge is 0.395 e. The fraction of sp³-hybridized carbons (Fsp3) is 0.583. The third-order valence-corrected chi connectivity index (χ3v) is 3.02. The molecule has 0 spiro atoms. The molecule has 0 radical (unpaired) electrons. The van der Waals surface area contributed by atoms with Gasteiger partial charge in [0.1, 0.15) is 0 Å². The van der Waals surface area contributed by atoms with Gasteiger partial charge in [0.25, 0.3) is 5.91 Å². The number of aliphatic hydroxyl groups excluding tert-OH is 1. The minimum Gasteiger partial charge on any atom is -0.395 e. The smallest absolute Gasteiger partial charge is 0.274 e. The van der Waals surface area contributed by atoms with Crippen molar-refractivity contribution >= 4 is 11.7 Å². The average Bonchev–Trinajstić information content (AvgIpc) is 2.47. The van der Waals surface area contributed by atoms with Gasteiger partial charge in [0.15, 0.2) is 11.5 Å². The fourth-order valence-electron chi connectivity index (χ4n) is 1.96. The van der Waals surface area contributed by atoms with Gasteiger partial charge in [-0.25, -0.2) is 5.84 Å². The Kier molecular flexibility index (Phi) is 6.17. The maximum absolute atomic E-state index is 12.4. The van der Waals surface area contributed by atoms with Crippen LogP contribution in [0.4, 0.5) is 5.82 Å². The van der Waals surface area contributed by atoms with Crippen LogP contribution in [0.2, 0.25) is 0 Å². The molecule has 1 aromatic heterocycles. The zero-order valence-corrected chi connectivity index (χ0v) is 11.3. The number of amides is 1. The maximum atomic E-state index is 12.4. The number of nitrogens with zero attached hydrogens (tertiary/aromatic N) is 3. The van der Waals surface area contributed by atoms with Crippen molar-refractivity contribution in [3.05, 3.63) is 17.8 Å². The molecule has 0 unspecified atom stereocenters. The Labute approximate surface area is 112 Å². The van der Waals surface area contributed by atoms with E-state index in [-0.39, 0.29) is 24.2 Å². The van der Waals surface area contributed by atoms with Crippen molar-refractivity contribution in [3.8, 4) is 0 Å². The van der Waals surface area contributed by atoms with Crippen LogP contribution >= 0.6 is 0 Å². The average molecular weight is 267 g/mol. The summed E-state index contributed by atoms with van der Waals surface area (Å²) < 4.78 is 0. The van der Waals surface area contributed by atoms with E-state index in [1.165, 1.54) is 0 Å². The first-order valence-corrected chi connectivity index (χ1v) is 6.40. The fourth-order valence-corrected chi connectivity index (χ4v) is 1.96. The van der Waals surface area contributed by atoms with Gasteiger partial charge in [-0.1, -0.05) is 13.8 Å². The second kappa shape index (κ2) is 7.65. The molecule has 0 saturated carbocycles. The molecule has 7 heteroatoms. The lowest BCUT2D eigenvalue weighted by atomic mass is 10.1. The second-order valence-corrected chi connectivity index (χ2v) is 4.14. The number of carbonyl (C=O) groups is 1. The number of carbonyl (C=O) groups excluding carboxylic acids is 1. The molecule has 0 atom stereocenters. The Morgan fingerprint density at radius 3 is 2.53 bits per heavy atom. The molecular formula is C12H21N5O2. The Bertz CT molecular complexity index is 392. The summed E-state index contributed by atoms with van der Waals surface area (Å²) in [6.45, 7) is 4.25. The minimum absolute atomic E-state index is 0.0713. The summed E-state index contributed by atoms with van der Waals surface area (Å²) in [5.74, 6) is 5.37. The van der Waals surface area contributed by atoms with Gasteiger partial charge in [0.2, 0.25) is 0 Å². The number of aliphatic hydroxyl groups is 1. The number of hydrogen-bond donors (Lipinski definition) is 3. The molecule has 0 fully saturated rings. The molecule has 0 aliphatic carbocycles. The van der Waals surface area contributed by atoms with Crippen LogP contribution in [0.15, 0.2) is 12.1 Å². The van der Waals surface area contributed by atoms with Crippen molar-refractivity contribution < 1.29 is 9.90 Å². The van der Waals surface area contributed by atoms with E-state index in [0.717, 1.165) is 12.8 Å². The molecule has 1 heterocycles. The highest BCUT2D eigenvalue weighted by molar-refractivity contribution is 5.92. The van der Waals surface area contributed by atoms with Gasteiger partial charge in [0.05, 0.1) is 6.61 Å². The first-order valence-electron chi connectivity index (χ1n) is 6.40. The van der Waals surface area contributed by atoms with Crippen LogP contribution in [0.25, 0.3) is 0 Å². The van der Waals surface area contributed by atoms with E-state index < -0.39 is 0 Å². The van der Waals surface area contributed by atoms with E-state index in [0.29, 0.717) is 12.4 Å². The first-order chi connectivity index (χ1) is 9.17. The van der Waals surface area contributed by atoms with Crippen molar-refractivity contribution in [2.45, 2.75) is 32.7 Å². The molecule has 0 aromatic carbocycles. The summed E-state index contributed by atoms with van der Waals surface area (Å²) in [5, 5.41) is 16.7. The summed E-state index contributed by atoms with van der Waals surface area (Å²) in [5.41, 5.74) is 2.60. The Morgan fingerprint density at radius 2 is 2.11 bits per heavy atom. The van der Waals surface area contributed by atoms with E-state index in [9.17, 15) is 4.79 Å². The van der Waals surface area contributed by atoms with Gasteiger partial charge >= 0.3 is 0 Å². The van der Waals surface area contributed by atoms with Crippen molar-refractivity contribution in [1.29, 1.82) is 0 Å². The highest BCUT2D eigenvalue weighted by Crippen LogP contribution is 2.12. The standard InChI is InChI=1S/C12H21N5O2/c1-3-9(4-2)17(7-8-18)12(19)10-5-6-11(14-13)16-15-10/h5-6,9,18H,3-4,7-8,13H2,1-2H3,(H,14,16). The van der Waals surface area contributed by atoms with Crippen LogP contribution in [-0.2, 0) is 0 Å². The van der Waals surface area contributed by atoms with Gasteiger partial charge in [-0.2, -0.15) is 0 Å². The number of nitrogens with one attached hydrogen (secondary N) is 1. The van der Waals surface area contributed by atoms with Gasteiger partial charge < -0.3 is 15.4 Å². The third kappa shape index (κ3) is 3.87. The predicted octanol–water partition coefficient (Wildman–Crippen LogP) is 0.385. The van der Waals surface area contributed by atoms with Crippen LogP contribution in [0.5, 0.6) is 0 Å². The summed E-state index contributed by atoms with van der Waals surface area (Å²) in [7, 11) is 0. The molecule has 7 nitrogen and oxygen atoms in total. The lowest BCUT2D eigenvalue weighted by molar-refractivity contribution is 0.0615. The number of nitrogen functional groups attached to an aromatic ring is 1. The summed E-state index contributed by atoms with van der Waals surface area (Å²) in [4.78, 5) is 14.0. The minimum atomic E-state index is -0.223. The van der Waals surface area contributed by atoms with Gasteiger partial charge in [-0.3, -0.25) is 4.79 Å². The van der Waals surface area contributed by atoms with Gasteiger partial charge in [0, 0.05) is 12.6 Å². The summed E-state index contributed by atoms with van der Waals surface area (Å²) in [6.07, 6.45) is 1.66. The molecule has 19 heavy (non-hydrogen) atoms. The topological polar surface area (TPSA) is 104 Å². The lowest BCUT2D eigenvalue weighted by Gasteiger charge is -2.29. The van der Waals surface area contributed by atoms with Gasteiger partial charge in [-0.15, -0.1) is 10.2 Å². The highest BCUT2D eigenvalue weighted by Gasteiger charge is 2.23. The Morgan fingerprint density at radius 1 is 1.42 bits per heavy atom. The number of aromatic nitrogens is 2. The first kappa shape index (κ1) is 15.3. The van der Waals surface area contributed by atoms with Crippen molar-refractivity contribution in [1.82, 2.24) is 15.1 Å². The maximum Gasteiger partial charge on any atom is 0.274 e. The summed E-state index contributed by atoms with van der Waals surface area (Å²) >= 11 is 0. The van der Waals surface area contributed by atoms with E-state index in [4.69, 9.17) is 10.9 Å². The molecule has 4 N–H and O–H groups in total. The zero-order chi connectivity index (χ0) is 14.3. The van der Waals surface area contributed by atoms with Crippen LogP contribution in [0, 0.1) is 0 Å². The lowest BCUT2D eigenvalue weighted by Crippen LogP contribution is -2.42. The van der Waals surface area contributed by atoms with E-state index in [2.05, 4.69) is 15.6 Å². The number of nitrogens with two attached hydrogens (primary N) is 1. The quantitative estimate of drug-likeness (QED) is 0.487. The molecule has 0 bridgehead atoms. The van der Waals surface area contributed by atoms with Crippen molar-refractivity contribution in [2.24, 2.45) is 5.84 Å². The molecule has 0 aliphatic rings. The Balaban J connectivity index is 2.91. The number of hydrazine groups is 1. The van der Waals surface area contributed by atoms with Crippen molar-refractivity contribution in [2.75, 3.05) is 18.6 Å². The van der Waals surface area contributed by atoms with E-state index in [1.54, 1.807) is 17.0 Å². The van der Waals surface area contributed by atoms with Crippen LogP contribution < -0.4 is 11.3 Å². The normalized spacial score (nSPS) is 10.6.